The summed E-state index contributed by atoms with van der Waals surface area (Å²) >= 11 is 0. The van der Waals surface area contributed by atoms with Crippen LogP contribution in [0.5, 0.6) is 0 Å². The van der Waals surface area contributed by atoms with Gasteiger partial charge in [-0.3, -0.25) is 4.84 Å². The topological polar surface area (TPSA) is 92.2 Å². The number of halogens is 6. The van der Waals surface area contributed by atoms with E-state index in [-0.39, 0.29) is 12.4 Å². The maximum atomic E-state index is 14.2. The molecule has 2 rings (SSSR count). The predicted molar refractivity (Wildman–Crippen MR) is 82.4 cm³/mol. The summed E-state index contributed by atoms with van der Waals surface area (Å²) in [7, 11) is 1.17. The largest absolute Gasteiger partial charge is 0.408 e. The van der Waals surface area contributed by atoms with Crippen molar-refractivity contribution in [3.8, 4) is 0 Å². The van der Waals surface area contributed by atoms with Crippen LogP contribution in [0.3, 0.4) is 0 Å². The molecule has 1 heterocycles. The Morgan fingerprint density at radius 3 is 2.44 bits per heavy atom. The van der Waals surface area contributed by atoms with E-state index in [1.807, 2.05) is 0 Å². The van der Waals surface area contributed by atoms with E-state index in [9.17, 15) is 31.4 Å². The smallest absolute Gasteiger partial charge is 0.380 e. The summed E-state index contributed by atoms with van der Waals surface area (Å²) in [5, 5.41) is 11.5. The van der Waals surface area contributed by atoms with Crippen LogP contribution in [0.1, 0.15) is 32.0 Å². The van der Waals surface area contributed by atoms with Crippen LogP contribution in [0.15, 0.2) is 5.83 Å². The van der Waals surface area contributed by atoms with Crippen molar-refractivity contribution in [1.82, 2.24) is 15.0 Å². The molecule has 0 radical (unpaired) electrons. The van der Waals surface area contributed by atoms with Crippen molar-refractivity contribution in [2.75, 3.05) is 17.9 Å². The molecule has 0 fully saturated rings. The minimum atomic E-state index is -4.61. The summed E-state index contributed by atoms with van der Waals surface area (Å²) < 4.78 is 79.9. The third kappa shape index (κ3) is 4.77. The van der Waals surface area contributed by atoms with Gasteiger partial charge in [0.25, 0.3) is 11.9 Å². The average Bonchev–Trinajstić information content (AvgIpc) is 2.57. The van der Waals surface area contributed by atoms with Gasteiger partial charge in [-0.15, -0.1) is 0 Å². The zero-order valence-corrected chi connectivity index (χ0v) is 14.2. The number of rotatable bonds is 6. The third-order valence-electron chi connectivity index (χ3n) is 3.84. The van der Waals surface area contributed by atoms with Gasteiger partial charge in [0.05, 0.1) is 7.11 Å². The van der Waals surface area contributed by atoms with Crippen LogP contribution in [-0.4, -0.2) is 51.4 Å². The van der Waals surface area contributed by atoms with Gasteiger partial charge >= 0.3 is 6.18 Å². The summed E-state index contributed by atoms with van der Waals surface area (Å²) in [5.41, 5.74) is 1.71. The van der Waals surface area contributed by atoms with Gasteiger partial charge in [-0.1, -0.05) is 6.92 Å². The highest BCUT2D eigenvalue weighted by atomic mass is 19.4. The van der Waals surface area contributed by atoms with E-state index in [0.29, 0.717) is 0 Å². The Balaban J connectivity index is 2.45. The van der Waals surface area contributed by atoms with Crippen molar-refractivity contribution >= 4 is 17.5 Å². The monoisotopic (exact) mass is 401 g/mol. The second kappa shape index (κ2) is 7.84. The van der Waals surface area contributed by atoms with E-state index in [0.717, 1.165) is 0 Å². The predicted octanol–water partition coefficient (Wildman–Crippen LogP) is 3.07. The maximum absolute atomic E-state index is 14.2. The Morgan fingerprint density at radius 2 is 1.89 bits per heavy atom. The molecule has 0 amide bonds. The molecule has 0 saturated heterocycles. The molecule has 0 aliphatic heterocycles. The molecule has 0 bridgehead atoms. The summed E-state index contributed by atoms with van der Waals surface area (Å²) in [4.78, 5) is 15.7. The van der Waals surface area contributed by atoms with Crippen LogP contribution in [0, 0.1) is 0 Å². The van der Waals surface area contributed by atoms with E-state index >= 15 is 0 Å². The van der Waals surface area contributed by atoms with Crippen molar-refractivity contribution in [3.63, 3.8) is 0 Å². The van der Waals surface area contributed by atoms with Crippen LogP contribution >= 0.6 is 0 Å². The van der Waals surface area contributed by atoms with Crippen molar-refractivity contribution in [2.45, 2.75) is 50.4 Å². The number of aliphatic hydroxyl groups is 1. The Kier molecular flexibility index (Phi) is 6.14. The number of anilines is 2. The molecule has 152 valence electrons. The number of hydrogen-bond donors (Lipinski definition) is 3. The van der Waals surface area contributed by atoms with Crippen molar-refractivity contribution in [1.29, 1.82) is 0 Å². The van der Waals surface area contributed by atoms with Gasteiger partial charge in [0, 0.05) is 12.0 Å². The fourth-order valence-electron chi connectivity index (χ4n) is 2.40. The molecular formula is C14H17F6N5O2. The Labute approximate surface area is 149 Å². The lowest BCUT2D eigenvalue weighted by Crippen LogP contribution is -2.38. The van der Waals surface area contributed by atoms with Crippen LogP contribution in [0.25, 0.3) is 5.57 Å². The molecule has 1 unspecified atom stereocenters. The first-order chi connectivity index (χ1) is 12.5. The minimum Gasteiger partial charge on any atom is -0.380 e. The maximum Gasteiger partial charge on any atom is 0.408 e. The molecule has 1 aliphatic rings. The number of aromatic nitrogens is 3. The first-order valence-corrected chi connectivity index (χ1v) is 7.82. The molecule has 0 saturated carbocycles. The summed E-state index contributed by atoms with van der Waals surface area (Å²) in [6, 6.07) is -2.00. The van der Waals surface area contributed by atoms with Crippen LogP contribution < -0.4 is 10.8 Å². The Bertz CT molecular complexity index is 712. The average molecular weight is 401 g/mol. The summed E-state index contributed by atoms with van der Waals surface area (Å²) in [5.74, 6) is -6.63. The molecule has 2 atom stereocenters. The number of hydrogen-bond acceptors (Lipinski definition) is 7. The molecular weight excluding hydrogens is 384 g/mol. The summed E-state index contributed by atoms with van der Waals surface area (Å²) in [6.07, 6.45) is -9.04. The van der Waals surface area contributed by atoms with Gasteiger partial charge in [0.1, 0.15) is 11.9 Å². The highest BCUT2D eigenvalue weighted by molar-refractivity contribution is 5.65. The second-order valence-corrected chi connectivity index (χ2v) is 5.75. The molecule has 0 aromatic carbocycles. The zero-order chi connectivity index (χ0) is 20.4. The van der Waals surface area contributed by atoms with Crippen LogP contribution in [0.2, 0.25) is 0 Å². The van der Waals surface area contributed by atoms with Crippen LogP contribution in [0.4, 0.5) is 38.2 Å². The summed E-state index contributed by atoms with van der Waals surface area (Å²) in [6.45, 7) is 1.28. The first-order valence-electron chi connectivity index (χ1n) is 7.82. The normalized spacial score (nSPS) is 21.1. The Morgan fingerprint density at radius 1 is 1.26 bits per heavy atom. The first kappa shape index (κ1) is 21.2. The van der Waals surface area contributed by atoms with E-state index in [1.54, 1.807) is 0 Å². The van der Waals surface area contributed by atoms with E-state index < -0.39 is 60.3 Å². The van der Waals surface area contributed by atoms with E-state index in [4.69, 9.17) is 0 Å². The molecule has 1 aliphatic carbocycles. The van der Waals surface area contributed by atoms with E-state index in [2.05, 4.69) is 30.6 Å². The molecule has 1 aromatic rings. The van der Waals surface area contributed by atoms with E-state index in [1.165, 1.54) is 14.0 Å². The molecule has 1 aromatic heterocycles. The molecule has 27 heavy (non-hydrogen) atoms. The SMILES string of the molecule is CC[C@@H](Nc1nc(NOC)nc(C2=C(F)C(O)C(F)(F)CC2)n1)C(F)(F)F. The molecule has 7 nitrogen and oxygen atoms in total. The van der Waals surface area contributed by atoms with Gasteiger partial charge in [-0.25, -0.2) is 18.7 Å². The van der Waals surface area contributed by atoms with Crippen molar-refractivity contribution in [3.05, 3.63) is 11.7 Å². The number of allylic oxidation sites excluding steroid dienone is 1. The number of nitrogens with one attached hydrogen (secondary N) is 2. The molecule has 13 heteroatoms. The third-order valence-corrected chi connectivity index (χ3v) is 3.84. The second-order valence-electron chi connectivity index (χ2n) is 5.75. The number of alkyl halides is 5. The molecule has 0 spiro atoms. The highest BCUT2D eigenvalue weighted by Crippen LogP contribution is 2.41. The quantitative estimate of drug-likeness (QED) is 0.498. The minimum absolute atomic E-state index is 0.348. The van der Waals surface area contributed by atoms with Gasteiger partial charge in [-0.2, -0.15) is 28.1 Å². The lowest BCUT2D eigenvalue weighted by atomic mass is 9.92. The standard InChI is InChI=1S/C14H17F6N5O2/c1-3-7(14(18,19)20)21-11-22-10(23-12(24-11)25-27-2)6-4-5-13(16,17)9(26)8(6)15/h7,9,26H,3-5H2,1-2H3,(H2,21,22,23,24,25)/t7-,9?/m1/s1. The fraction of sp³-hybridized carbons (Fsp3) is 0.643. The van der Waals surface area contributed by atoms with Gasteiger partial charge in [-0.05, 0) is 12.8 Å². The number of nitrogens with zero attached hydrogens (tertiary/aromatic N) is 3. The lowest BCUT2D eigenvalue weighted by Gasteiger charge is -2.27. The molecule has 3 N–H and O–H groups in total. The van der Waals surface area contributed by atoms with Crippen molar-refractivity contribution in [2.24, 2.45) is 0 Å². The van der Waals surface area contributed by atoms with Gasteiger partial charge in [0.15, 0.2) is 11.9 Å². The fourth-order valence-corrected chi connectivity index (χ4v) is 2.40. The number of aliphatic hydroxyl groups excluding tert-OH is 1. The van der Waals surface area contributed by atoms with Gasteiger partial charge in [0.2, 0.25) is 5.95 Å². The lowest BCUT2D eigenvalue weighted by molar-refractivity contribution is -0.143. The zero-order valence-electron chi connectivity index (χ0n) is 14.2. The van der Waals surface area contributed by atoms with Gasteiger partial charge < -0.3 is 10.4 Å². The van der Waals surface area contributed by atoms with Crippen molar-refractivity contribution < 1.29 is 36.3 Å². The van der Waals surface area contributed by atoms with Crippen LogP contribution in [-0.2, 0) is 4.84 Å². The highest BCUT2D eigenvalue weighted by Gasteiger charge is 2.46. The Hall–Kier alpha value is -2.15.